The van der Waals surface area contributed by atoms with Gasteiger partial charge in [-0.05, 0) is 23.5 Å². The molecule has 0 aliphatic heterocycles. The lowest BCUT2D eigenvalue weighted by Crippen LogP contribution is -2.37. The number of benzene rings is 1. The first kappa shape index (κ1) is 30.4. The summed E-state index contributed by atoms with van der Waals surface area (Å²) in [6, 6.07) is 8.16. The molecule has 9 nitrogen and oxygen atoms in total. The molecule has 0 aromatic heterocycles. The topological polar surface area (TPSA) is 132 Å². The highest BCUT2D eigenvalue weighted by atomic mass is 16.5. The van der Waals surface area contributed by atoms with Gasteiger partial charge in [-0.15, -0.1) is 0 Å². The van der Waals surface area contributed by atoms with E-state index in [0.717, 1.165) is 5.56 Å². The molecule has 0 atom stereocenters. The van der Waals surface area contributed by atoms with Crippen LogP contribution in [0, 0.1) is 5.41 Å². The van der Waals surface area contributed by atoms with Gasteiger partial charge in [-0.2, -0.15) is 0 Å². The third-order valence-corrected chi connectivity index (χ3v) is 4.36. The third kappa shape index (κ3) is 14.9. The van der Waals surface area contributed by atoms with Crippen molar-refractivity contribution in [2.45, 2.75) is 66.9 Å². The summed E-state index contributed by atoms with van der Waals surface area (Å²) >= 11 is 0. The average Bonchev–Trinajstić information content (AvgIpc) is 2.74. The first-order chi connectivity index (χ1) is 15.3. The summed E-state index contributed by atoms with van der Waals surface area (Å²) < 4.78 is 10.2. The highest BCUT2D eigenvalue weighted by Gasteiger charge is 2.20. The zero-order valence-electron chi connectivity index (χ0n) is 21.2. The predicted molar refractivity (Wildman–Crippen MR) is 129 cm³/mol. The Balaban J connectivity index is 0.000000622. The lowest BCUT2D eigenvalue weighted by molar-refractivity contribution is -0.129. The summed E-state index contributed by atoms with van der Waals surface area (Å²) in [6.07, 6.45) is -0.142. The van der Waals surface area contributed by atoms with Crippen molar-refractivity contribution < 1.29 is 23.9 Å². The lowest BCUT2D eigenvalue weighted by Gasteiger charge is -2.19. The van der Waals surface area contributed by atoms with Gasteiger partial charge >= 0.3 is 6.09 Å². The molecule has 9 heteroatoms. The summed E-state index contributed by atoms with van der Waals surface area (Å²) in [5, 5.41) is 5.33. The van der Waals surface area contributed by atoms with E-state index >= 15 is 0 Å². The van der Waals surface area contributed by atoms with Crippen LogP contribution >= 0.6 is 0 Å². The number of hydrazine groups is 1. The number of hydrogen-bond donors (Lipinski definition) is 4. The quantitative estimate of drug-likeness (QED) is 0.191. The molecule has 0 heterocycles. The van der Waals surface area contributed by atoms with E-state index in [1.807, 2.05) is 45.3 Å². The molecule has 0 spiro atoms. The van der Waals surface area contributed by atoms with Crippen LogP contribution in [0.15, 0.2) is 24.3 Å². The van der Waals surface area contributed by atoms with E-state index in [0.29, 0.717) is 32.9 Å². The smallest absolute Gasteiger partial charge is 0.407 e. The number of alkyl carbamates (subject to hydrolysis) is 1. The number of hydrogen-bond acceptors (Lipinski definition) is 6. The second-order valence-corrected chi connectivity index (χ2v) is 9.49. The maximum absolute atomic E-state index is 11.4. The van der Waals surface area contributed by atoms with Crippen LogP contribution in [0.25, 0.3) is 0 Å². The van der Waals surface area contributed by atoms with Crippen LogP contribution in [-0.2, 0) is 31.1 Å². The second-order valence-electron chi connectivity index (χ2n) is 9.49. The molecule has 0 bridgehead atoms. The zero-order valence-corrected chi connectivity index (χ0v) is 21.2. The largest absolute Gasteiger partial charge is 0.445 e. The van der Waals surface area contributed by atoms with Gasteiger partial charge in [0.25, 0.3) is 0 Å². The molecule has 3 amide bonds. The molecule has 5 N–H and O–H groups in total. The number of rotatable bonds is 9. The molecular formula is C24H42N4O5. The first-order valence-electron chi connectivity index (χ1n) is 11.2. The monoisotopic (exact) mass is 466 g/mol. The summed E-state index contributed by atoms with van der Waals surface area (Å²) in [7, 11) is 0. The fraction of sp³-hybridized carbons (Fsp3) is 0.625. The van der Waals surface area contributed by atoms with Crippen LogP contribution in [0.2, 0.25) is 0 Å². The van der Waals surface area contributed by atoms with Gasteiger partial charge in [-0.25, -0.2) is 10.6 Å². The van der Waals surface area contributed by atoms with Crippen LogP contribution < -0.4 is 21.9 Å². The van der Waals surface area contributed by atoms with Gasteiger partial charge < -0.3 is 20.1 Å². The Morgan fingerprint density at radius 3 is 2.03 bits per heavy atom. The highest BCUT2D eigenvalue weighted by Crippen LogP contribution is 2.22. The molecule has 0 unspecified atom stereocenters. The highest BCUT2D eigenvalue weighted by molar-refractivity contribution is 5.81. The Bertz CT molecular complexity index is 722. The van der Waals surface area contributed by atoms with Crippen LogP contribution in [0.4, 0.5) is 4.79 Å². The van der Waals surface area contributed by atoms with Crippen LogP contribution in [0.1, 0.15) is 66.0 Å². The normalized spacial score (nSPS) is 11.0. The molecule has 1 rings (SSSR count). The average molecular weight is 467 g/mol. The third-order valence-electron chi connectivity index (χ3n) is 4.36. The van der Waals surface area contributed by atoms with Gasteiger partial charge in [0.05, 0.1) is 19.6 Å². The van der Waals surface area contributed by atoms with E-state index in [1.165, 1.54) is 5.56 Å². The Morgan fingerprint density at radius 1 is 0.939 bits per heavy atom. The van der Waals surface area contributed by atoms with E-state index < -0.39 is 0 Å². The van der Waals surface area contributed by atoms with Gasteiger partial charge in [0.1, 0.15) is 6.61 Å². The first-order valence-corrected chi connectivity index (χ1v) is 11.2. The molecule has 1 aromatic rings. The zero-order chi connectivity index (χ0) is 25.5. The maximum atomic E-state index is 11.4. The SMILES string of the molecule is CC(C)(C)C(=O)NCCOCCC(=O)NN.CCNC(=O)OCc1ccc(C(C)(C)C)cc1. The molecule has 0 saturated heterocycles. The number of nitrogens with two attached hydrogens (primary N) is 1. The van der Waals surface area contributed by atoms with Crippen molar-refractivity contribution in [2.75, 3.05) is 26.3 Å². The van der Waals surface area contributed by atoms with Gasteiger partial charge in [0.2, 0.25) is 11.8 Å². The van der Waals surface area contributed by atoms with Crippen molar-refractivity contribution in [3.63, 3.8) is 0 Å². The van der Waals surface area contributed by atoms with Crippen LogP contribution in [0.3, 0.4) is 0 Å². The number of nitrogens with one attached hydrogen (secondary N) is 3. The molecule has 188 valence electrons. The van der Waals surface area contributed by atoms with E-state index in [-0.39, 0.29) is 35.2 Å². The molecule has 0 aliphatic carbocycles. The van der Waals surface area contributed by atoms with Gasteiger partial charge in [-0.3, -0.25) is 15.0 Å². The van der Waals surface area contributed by atoms with Crippen LogP contribution in [0.5, 0.6) is 0 Å². The van der Waals surface area contributed by atoms with Crippen molar-refractivity contribution in [1.29, 1.82) is 0 Å². The summed E-state index contributed by atoms with van der Waals surface area (Å²) in [5.74, 6) is 4.61. The lowest BCUT2D eigenvalue weighted by atomic mass is 9.87. The van der Waals surface area contributed by atoms with Gasteiger partial charge in [-0.1, -0.05) is 65.8 Å². The number of amides is 3. The second kappa shape index (κ2) is 15.2. The van der Waals surface area contributed by atoms with E-state index in [2.05, 4.69) is 43.5 Å². The molecule has 0 radical (unpaired) electrons. The van der Waals surface area contributed by atoms with Gasteiger partial charge in [0, 0.05) is 18.5 Å². The summed E-state index contributed by atoms with van der Waals surface area (Å²) in [6.45, 7) is 15.9. The van der Waals surface area contributed by atoms with E-state index in [9.17, 15) is 14.4 Å². The van der Waals surface area contributed by atoms with Crippen molar-refractivity contribution in [3.05, 3.63) is 35.4 Å². The van der Waals surface area contributed by atoms with Crippen molar-refractivity contribution >= 4 is 17.9 Å². The van der Waals surface area contributed by atoms with E-state index in [1.54, 1.807) is 0 Å². The summed E-state index contributed by atoms with van der Waals surface area (Å²) in [5.41, 5.74) is 4.05. The number of ether oxygens (including phenoxy) is 2. The summed E-state index contributed by atoms with van der Waals surface area (Å²) in [4.78, 5) is 33.2. The van der Waals surface area contributed by atoms with Crippen molar-refractivity contribution in [3.8, 4) is 0 Å². The minimum atomic E-state index is -0.389. The minimum Gasteiger partial charge on any atom is -0.445 e. The Labute approximate surface area is 198 Å². The van der Waals surface area contributed by atoms with Crippen LogP contribution in [-0.4, -0.2) is 44.2 Å². The number of carbonyl (C=O) groups excluding carboxylic acids is 3. The molecule has 1 aromatic carbocycles. The van der Waals surface area contributed by atoms with Crippen molar-refractivity contribution in [1.82, 2.24) is 16.1 Å². The Hall–Kier alpha value is -2.65. The molecule has 0 saturated carbocycles. The molecule has 0 fully saturated rings. The predicted octanol–water partition coefficient (Wildman–Crippen LogP) is 2.78. The number of carbonyl (C=O) groups is 3. The van der Waals surface area contributed by atoms with E-state index in [4.69, 9.17) is 15.3 Å². The minimum absolute atomic E-state index is 0.0178. The van der Waals surface area contributed by atoms with Crippen molar-refractivity contribution in [2.24, 2.45) is 11.3 Å². The standard InChI is InChI=1S/C14H21NO2.C10H21N3O3/c1-5-15-13(16)17-10-11-6-8-12(9-7-11)14(2,3)4;1-10(2,3)9(15)12-5-7-16-6-4-8(14)13-11/h6-9H,5,10H2,1-4H3,(H,15,16);4-7,11H2,1-3H3,(H,12,15)(H,13,14). The fourth-order valence-electron chi connectivity index (χ4n) is 2.29. The molecular weight excluding hydrogens is 424 g/mol. The Kier molecular flexibility index (Phi) is 14.0. The maximum Gasteiger partial charge on any atom is 0.407 e. The molecule has 33 heavy (non-hydrogen) atoms. The van der Waals surface area contributed by atoms with Gasteiger partial charge in [0.15, 0.2) is 0 Å². The fourth-order valence-corrected chi connectivity index (χ4v) is 2.29. The molecule has 0 aliphatic rings. The Morgan fingerprint density at radius 2 is 1.55 bits per heavy atom.